The van der Waals surface area contributed by atoms with E-state index in [-0.39, 0.29) is 49.7 Å². The van der Waals surface area contributed by atoms with Crippen LogP contribution in [-0.2, 0) is 46.3 Å². The number of ether oxygens (including phenoxy) is 2. The van der Waals surface area contributed by atoms with Crippen molar-refractivity contribution < 1.29 is 69.5 Å². The van der Waals surface area contributed by atoms with Crippen LogP contribution in [0.2, 0.25) is 0 Å². The third kappa shape index (κ3) is 6.77. The van der Waals surface area contributed by atoms with Crippen LogP contribution >= 0.6 is 7.82 Å². The van der Waals surface area contributed by atoms with Gasteiger partial charge in [-0.1, -0.05) is 36.6 Å². The van der Waals surface area contributed by atoms with Gasteiger partial charge in [0, 0.05) is 69.4 Å². The zero-order valence-corrected chi connectivity index (χ0v) is 25.6. The first-order chi connectivity index (χ1) is 18.2. The number of carbonyl (C=O) groups excluding carboxylic acids is 1. The summed E-state index contributed by atoms with van der Waals surface area (Å²) in [5.41, 5.74) is 1.45. The summed E-state index contributed by atoms with van der Waals surface area (Å²) in [5.74, 6) is 0.731. The number of rotatable bonds is 9. The Bertz CT molecular complexity index is 1610. The number of carbonyl (C=O) groups is 1. The average Bonchev–Trinajstić information content (AvgIpc) is 2.93. The van der Waals surface area contributed by atoms with Gasteiger partial charge in [0.2, 0.25) is 0 Å². The molecule has 3 aromatic carbocycles. The fraction of sp³-hybridized carbons (Fsp3) is 0.185. The van der Waals surface area contributed by atoms with Crippen molar-refractivity contribution in [2.45, 2.75) is 6.92 Å². The van der Waals surface area contributed by atoms with E-state index < -0.39 is 19.4 Å². The summed E-state index contributed by atoms with van der Waals surface area (Å²) in [6.45, 7) is 1.68. The van der Waals surface area contributed by atoms with Gasteiger partial charge < -0.3 is 23.7 Å². The van der Waals surface area contributed by atoms with Crippen LogP contribution in [0.1, 0.15) is 15.9 Å². The van der Waals surface area contributed by atoms with Gasteiger partial charge in [0.1, 0.15) is 17.2 Å². The molecule has 1 amide bonds. The van der Waals surface area contributed by atoms with E-state index in [4.69, 9.17) is 27.5 Å². The number of methoxy groups -OCH3 is 2. The van der Waals surface area contributed by atoms with Gasteiger partial charge >= 0.3 is 13.4 Å². The normalized spacial score (nSPS) is 11.0. The molecule has 1 aromatic heterocycles. The molecule has 1 heterocycles. The molecule has 4 aromatic rings. The molecule has 10 nitrogen and oxygen atoms in total. The molecule has 0 aliphatic heterocycles. The molecule has 1 radical (unpaired) electrons. The zero-order chi connectivity index (χ0) is 27.4. The summed E-state index contributed by atoms with van der Waals surface area (Å²) in [4.78, 5) is 25.8. The van der Waals surface area contributed by atoms with E-state index in [2.05, 4.69) is 11.4 Å². The minimum atomic E-state index is -3.84. The standard InChI is InChI=1S/C27H25NO9P.Y/c1-16-11-19-14-22(27(30)36-25(19)15-24(16)37-38(31,34-4)35-5)28-26(29)18-9-10-23(33-3)21(13-18)17-7-6-8-20(12-17)32-2;/h6-14H,1-5H3,(H,28,29);/q-1;. The number of amides is 1. The van der Waals surface area contributed by atoms with Crippen LogP contribution in [0.25, 0.3) is 22.1 Å². The predicted molar refractivity (Wildman–Crippen MR) is 141 cm³/mol. The van der Waals surface area contributed by atoms with Crippen molar-refractivity contribution in [1.82, 2.24) is 0 Å². The third-order valence-electron chi connectivity index (χ3n) is 5.67. The fourth-order valence-corrected chi connectivity index (χ4v) is 4.41. The first-order valence-electron chi connectivity index (χ1n) is 11.3. The number of benzene rings is 3. The minimum Gasteiger partial charge on any atom is -0.497 e. The van der Waals surface area contributed by atoms with Crippen LogP contribution in [0.15, 0.2) is 63.8 Å². The molecule has 0 atom stereocenters. The van der Waals surface area contributed by atoms with Crippen LogP contribution in [0.3, 0.4) is 0 Å². The molecule has 0 aliphatic rings. The van der Waals surface area contributed by atoms with Gasteiger partial charge in [-0.3, -0.25) is 13.8 Å². The van der Waals surface area contributed by atoms with Crippen LogP contribution < -0.4 is 24.9 Å². The minimum absolute atomic E-state index is 0. The van der Waals surface area contributed by atoms with Crippen LogP contribution in [-0.4, -0.2) is 34.3 Å². The largest absolute Gasteiger partial charge is 0.527 e. The molecule has 0 spiro atoms. The predicted octanol–water partition coefficient (Wildman–Crippen LogP) is 5.62. The Morgan fingerprint density at radius 1 is 0.974 bits per heavy atom. The van der Waals surface area contributed by atoms with Crippen LogP contribution in [0.4, 0.5) is 5.69 Å². The van der Waals surface area contributed by atoms with Gasteiger partial charge in [-0.05, 0) is 35.9 Å². The summed E-state index contributed by atoms with van der Waals surface area (Å²) in [6, 6.07) is 18.1. The number of aryl methyl sites for hydroxylation is 1. The van der Waals surface area contributed by atoms with Crippen molar-refractivity contribution in [3.63, 3.8) is 0 Å². The van der Waals surface area contributed by atoms with E-state index in [1.54, 1.807) is 38.3 Å². The second-order valence-corrected chi connectivity index (χ2v) is 9.83. The van der Waals surface area contributed by atoms with E-state index in [1.807, 2.05) is 24.3 Å². The molecular weight excluding hydrogens is 602 g/mol. The van der Waals surface area contributed by atoms with Gasteiger partial charge in [0.25, 0.3) is 5.91 Å². The zero-order valence-electron chi connectivity index (χ0n) is 21.9. The number of phosphoric ester groups is 1. The van der Waals surface area contributed by atoms with Gasteiger partial charge in [0.05, 0.1) is 14.2 Å². The molecule has 12 heteroatoms. The Hall–Kier alpha value is -3.01. The summed E-state index contributed by atoms with van der Waals surface area (Å²) in [5, 5.41) is 3.07. The summed E-state index contributed by atoms with van der Waals surface area (Å²) in [6.07, 6.45) is 0. The van der Waals surface area contributed by atoms with Gasteiger partial charge in [-0.2, -0.15) is 6.07 Å². The van der Waals surface area contributed by atoms with Gasteiger partial charge in [-0.15, -0.1) is 5.56 Å². The average molecular weight is 627 g/mol. The van der Waals surface area contributed by atoms with Gasteiger partial charge in [-0.25, -0.2) is 9.36 Å². The summed E-state index contributed by atoms with van der Waals surface area (Å²) in [7, 11) is 1.62. The molecule has 0 fully saturated rings. The van der Waals surface area contributed by atoms with E-state index in [0.29, 0.717) is 33.6 Å². The van der Waals surface area contributed by atoms with Crippen molar-refractivity contribution >= 4 is 30.4 Å². The number of fused-ring (bicyclic) bond motifs is 1. The Kier molecular flexibility index (Phi) is 10.1. The molecule has 0 aliphatic carbocycles. The monoisotopic (exact) mass is 627 g/mol. The SMILES string of the molecule is COc1cccc(-c2cc(C(=O)Nc3cc4cc(C)c(OP(=O)(OC)OC)[c-]c4oc3=O)ccc2OC)c1.[Y]. The fourth-order valence-electron chi connectivity index (χ4n) is 3.69. The van der Waals surface area contributed by atoms with Crippen molar-refractivity contribution in [2.24, 2.45) is 0 Å². The van der Waals surface area contributed by atoms with Gasteiger partial charge in [0.15, 0.2) is 0 Å². The van der Waals surface area contributed by atoms with Crippen LogP contribution in [0, 0.1) is 13.0 Å². The summed E-state index contributed by atoms with van der Waals surface area (Å²) < 4.78 is 43.4. The maximum absolute atomic E-state index is 13.1. The van der Waals surface area contributed by atoms with E-state index >= 15 is 0 Å². The molecule has 0 saturated heterocycles. The van der Waals surface area contributed by atoms with Crippen molar-refractivity contribution in [3.05, 3.63) is 82.2 Å². The Labute approximate surface area is 250 Å². The molecule has 4 rings (SSSR count). The third-order valence-corrected chi connectivity index (χ3v) is 6.98. The van der Waals surface area contributed by atoms with Crippen LogP contribution in [0.5, 0.6) is 17.2 Å². The Balaban J connectivity index is 0.00000420. The van der Waals surface area contributed by atoms with Crippen molar-refractivity contribution in [2.75, 3.05) is 33.8 Å². The molecule has 0 bridgehead atoms. The molecule has 201 valence electrons. The maximum atomic E-state index is 13.1. The topological polar surface area (TPSA) is 123 Å². The Morgan fingerprint density at radius 2 is 1.72 bits per heavy atom. The van der Waals surface area contributed by atoms with E-state index in [9.17, 15) is 14.2 Å². The summed E-state index contributed by atoms with van der Waals surface area (Å²) >= 11 is 0. The number of hydrogen-bond acceptors (Lipinski definition) is 9. The number of anilines is 1. The molecule has 0 unspecified atom stereocenters. The van der Waals surface area contributed by atoms with Crippen molar-refractivity contribution in [1.29, 1.82) is 0 Å². The maximum Gasteiger partial charge on any atom is 0.527 e. The number of phosphoric acid groups is 1. The first kappa shape index (κ1) is 30.5. The molecule has 0 saturated carbocycles. The molecular formula is C27H25NO9PY-. The second-order valence-electron chi connectivity index (χ2n) is 8.02. The molecule has 39 heavy (non-hydrogen) atoms. The quantitative estimate of drug-likeness (QED) is 0.143. The Morgan fingerprint density at radius 3 is 2.38 bits per heavy atom. The van der Waals surface area contributed by atoms with E-state index in [1.165, 1.54) is 27.4 Å². The van der Waals surface area contributed by atoms with Crippen molar-refractivity contribution in [3.8, 4) is 28.4 Å². The van der Waals surface area contributed by atoms with E-state index in [0.717, 1.165) is 5.56 Å². The number of hydrogen-bond donors (Lipinski definition) is 1. The molecule has 1 N–H and O–H groups in total. The number of nitrogens with one attached hydrogen (secondary N) is 1. The smallest absolute Gasteiger partial charge is 0.497 e. The second kappa shape index (κ2) is 12.9. The first-order valence-corrected chi connectivity index (χ1v) is 12.7.